The molecule has 134 valence electrons. The van der Waals surface area contributed by atoms with Crippen LogP contribution < -0.4 is 5.32 Å². The summed E-state index contributed by atoms with van der Waals surface area (Å²) in [7, 11) is 4.05. The Labute approximate surface area is 137 Å². The number of nitrogens with one attached hydrogen (secondary N) is 1. The summed E-state index contributed by atoms with van der Waals surface area (Å²) in [6.45, 7) is 4.10. The van der Waals surface area contributed by atoms with Crippen LogP contribution in [0, 0.1) is 0 Å². The van der Waals surface area contributed by atoms with E-state index >= 15 is 0 Å². The smallest absolute Gasteiger partial charge is 0.306 e. The summed E-state index contributed by atoms with van der Waals surface area (Å²) < 4.78 is 13.8. The highest BCUT2D eigenvalue weighted by Crippen LogP contribution is 2.03. The predicted octanol–water partition coefficient (Wildman–Crippen LogP) is -0.0442. The highest BCUT2D eigenvalue weighted by atomic mass is 16.5. The highest BCUT2D eigenvalue weighted by Gasteiger charge is 2.17. The van der Waals surface area contributed by atoms with Crippen LogP contribution in [-0.2, 0) is 28.6 Å². The van der Waals surface area contributed by atoms with Crippen LogP contribution in [0.25, 0.3) is 0 Å². The number of carbonyl (C=O) groups is 3. The van der Waals surface area contributed by atoms with E-state index in [1.807, 2.05) is 11.8 Å². The van der Waals surface area contributed by atoms with E-state index in [1.165, 1.54) is 21.3 Å². The third-order valence-corrected chi connectivity index (χ3v) is 3.46. The van der Waals surface area contributed by atoms with Gasteiger partial charge in [0.2, 0.25) is 0 Å². The van der Waals surface area contributed by atoms with Crippen LogP contribution in [0.4, 0.5) is 0 Å². The average molecular weight is 332 g/mol. The number of hydrogen-bond donors (Lipinski definition) is 1. The summed E-state index contributed by atoms with van der Waals surface area (Å²) in [5, 5.41) is 3.16. The van der Waals surface area contributed by atoms with Gasteiger partial charge in [-0.15, -0.1) is 0 Å². The van der Waals surface area contributed by atoms with Crippen LogP contribution in [0.2, 0.25) is 0 Å². The molecule has 0 aliphatic rings. The summed E-state index contributed by atoms with van der Waals surface area (Å²) in [4.78, 5) is 35.6. The third-order valence-electron chi connectivity index (χ3n) is 3.46. The molecule has 0 heterocycles. The van der Waals surface area contributed by atoms with Crippen molar-refractivity contribution in [3.8, 4) is 0 Å². The van der Waals surface area contributed by atoms with Gasteiger partial charge in [-0.25, -0.2) is 0 Å². The molecule has 23 heavy (non-hydrogen) atoms. The maximum absolute atomic E-state index is 11.3. The van der Waals surface area contributed by atoms with E-state index in [4.69, 9.17) is 0 Å². The Balaban J connectivity index is 4.30. The SMILES string of the molecule is COC(=O)CCNCC(C)N(CCC(=O)OC)CCC(=O)OC. The maximum Gasteiger partial charge on any atom is 0.306 e. The minimum atomic E-state index is -0.293. The molecule has 0 bridgehead atoms. The van der Waals surface area contributed by atoms with Crippen LogP contribution in [0.1, 0.15) is 26.2 Å². The van der Waals surface area contributed by atoms with Crippen LogP contribution >= 0.6 is 0 Å². The number of rotatable bonds is 12. The molecule has 0 amide bonds. The summed E-state index contributed by atoms with van der Waals surface area (Å²) >= 11 is 0. The lowest BCUT2D eigenvalue weighted by Gasteiger charge is -2.28. The van der Waals surface area contributed by atoms with Gasteiger partial charge >= 0.3 is 17.9 Å². The molecule has 0 aromatic carbocycles. The standard InChI is InChI=1S/C15H28N2O6/c1-12(11-16-8-5-13(18)21-2)17(9-6-14(19)22-3)10-7-15(20)23-4/h12,16H,5-11H2,1-4H3. The van der Waals surface area contributed by atoms with Crippen molar-refractivity contribution in [2.24, 2.45) is 0 Å². The van der Waals surface area contributed by atoms with E-state index in [1.54, 1.807) is 0 Å². The first kappa shape index (κ1) is 21.3. The lowest BCUT2D eigenvalue weighted by atomic mass is 10.2. The molecule has 0 rings (SSSR count). The second-order valence-electron chi connectivity index (χ2n) is 5.07. The second-order valence-corrected chi connectivity index (χ2v) is 5.07. The molecule has 0 aromatic rings. The van der Waals surface area contributed by atoms with Gasteiger partial charge in [0.05, 0.1) is 40.6 Å². The molecule has 8 nitrogen and oxygen atoms in total. The Hall–Kier alpha value is -1.67. The maximum atomic E-state index is 11.3. The Morgan fingerprint density at radius 2 is 1.30 bits per heavy atom. The first-order valence-corrected chi connectivity index (χ1v) is 7.59. The minimum absolute atomic E-state index is 0.0851. The Bertz CT molecular complexity index is 355. The number of hydrogen-bond acceptors (Lipinski definition) is 8. The fourth-order valence-electron chi connectivity index (χ4n) is 1.96. The van der Waals surface area contributed by atoms with Gasteiger partial charge in [-0.05, 0) is 6.92 Å². The second kappa shape index (κ2) is 12.8. The zero-order valence-electron chi connectivity index (χ0n) is 14.4. The van der Waals surface area contributed by atoms with E-state index < -0.39 is 0 Å². The highest BCUT2D eigenvalue weighted by molar-refractivity contribution is 5.70. The van der Waals surface area contributed by atoms with Crippen molar-refractivity contribution in [1.82, 2.24) is 10.2 Å². The number of ether oxygens (including phenoxy) is 3. The first-order valence-electron chi connectivity index (χ1n) is 7.59. The van der Waals surface area contributed by atoms with Crippen molar-refractivity contribution >= 4 is 17.9 Å². The van der Waals surface area contributed by atoms with Crippen LogP contribution in [0.15, 0.2) is 0 Å². The van der Waals surface area contributed by atoms with E-state index in [-0.39, 0.29) is 36.8 Å². The fourth-order valence-corrected chi connectivity index (χ4v) is 1.96. The van der Waals surface area contributed by atoms with Gasteiger partial charge < -0.3 is 19.5 Å². The molecule has 1 atom stereocenters. The monoisotopic (exact) mass is 332 g/mol. The molecule has 0 saturated carbocycles. The van der Waals surface area contributed by atoms with Gasteiger partial charge in [0, 0.05) is 32.2 Å². The van der Waals surface area contributed by atoms with Gasteiger partial charge in [0.25, 0.3) is 0 Å². The van der Waals surface area contributed by atoms with Gasteiger partial charge in [0.15, 0.2) is 0 Å². The minimum Gasteiger partial charge on any atom is -0.469 e. The van der Waals surface area contributed by atoms with Crippen molar-refractivity contribution in [2.45, 2.75) is 32.2 Å². The van der Waals surface area contributed by atoms with Gasteiger partial charge in [-0.2, -0.15) is 0 Å². The van der Waals surface area contributed by atoms with E-state index in [0.29, 0.717) is 32.6 Å². The largest absolute Gasteiger partial charge is 0.469 e. The molecule has 0 aromatic heterocycles. The molecule has 1 N–H and O–H groups in total. The Kier molecular flexibility index (Phi) is 11.9. The summed E-state index contributed by atoms with van der Waals surface area (Å²) in [5.74, 6) is -0.851. The molecular weight excluding hydrogens is 304 g/mol. The lowest BCUT2D eigenvalue weighted by Crippen LogP contribution is -2.43. The molecule has 0 spiro atoms. The van der Waals surface area contributed by atoms with E-state index in [9.17, 15) is 14.4 Å². The molecule has 8 heteroatoms. The number of carbonyl (C=O) groups excluding carboxylic acids is 3. The summed E-state index contributed by atoms with van der Waals surface area (Å²) in [5.41, 5.74) is 0. The first-order chi connectivity index (χ1) is 10.9. The van der Waals surface area contributed by atoms with Crippen LogP contribution in [-0.4, -0.2) is 76.4 Å². The summed E-state index contributed by atoms with van der Waals surface area (Å²) in [6, 6.07) is 0.0851. The molecule has 0 fully saturated rings. The molecule has 0 aliphatic carbocycles. The molecule has 1 unspecified atom stereocenters. The van der Waals surface area contributed by atoms with Gasteiger partial charge in [0.1, 0.15) is 0 Å². The topological polar surface area (TPSA) is 94.2 Å². The molecular formula is C15H28N2O6. The number of methoxy groups -OCH3 is 3. The normalized spacial score (nSPS) is 11.9. The van der Waals surface area contributed by atoms with Gasteiger partial charge in [-0.3, -0.25) is 19.3 Å². The van der Waals surface area contributed by atoms with Crippen molar-refractivity contribution in [3.63, 3.8) is 0 Å². The average Bonchev–Trinajstić information content (AvgIpc) is 2.57. The van der Waals surface area contributed by atoms with Crippen molar-refractivity contribution in [3.05, 3.63) is 0 Å². The Morgan fingerprint density at radius 3 is 1.74 bits per heavy atom. The number of esters is 3. The summed E-state index contributed by atoms with van der Waals surface area (Å²) in [6.07, 6.45) is 0.807. The molecule has 0 aliphatic heterocycles. The predicted molar refractivity (Wildman–Crippen MR) is 83.8 cm³/mol. The zero-order chi connectivity index (χ0) is 17.7. The Morgan fingerprint density at radius 1 is 0.870 bits per heavy atom. The van der Waals surface area contributed by atoms with E-state index in [2.05, 4.69) is 19.5 Å². The fraction of sp³-hybridized carbons (Fsp3) is 0.800. The molecule has 0 radical (unpaired) electrons. The third kappa shape index (κ3) is 10.6. The van der Waals surface area contributed by atoms with Crippen molar-refractivity contribution < 1.29 is 28.6 Å². The molecule has 0 saturated heterocycles. The van der Waals surface area contributed by atoms with Crippen LogP contribution in [0.5, 0.6) is 0 Å². The van der Waals surface area contributed by atoms with Gasteiger partial charge in [-0.1, -0.05) is 0 Å². The zero-order valence-corrected chi connectivity index (χ0v) is 14.4. The lowest BCUT2D eigenvalue weighted by molar-refractivity contribution is -0.142. The quantitative estimate of drug-likeness (QED) is 0.302. The number of nitrogens with zero attached hydrogens (tertiary/aromatic N) is 1. The van der Waals surface area contributed by atoms with Crippen molar-refractivity contribution in [2.75, 3.05) is 47.5 Å². The van der Waals surface area contributed by atoms with E-state index in [0.717, 1.165) is 0 Å². The van der Waals surface area contributed by atoms with Crippen LogP contribution in [0.3, 0.4) is 0 Å². The van der Waals surface area contributed by atoms with Crippen molar-refractivity contribution in [1.29, 1.82) is 0 Å².